The second-order valence-corrected chi connectivity index (χ2v) is 7.07. The largest absolute Gasteiger partial charge is 0.399 e. The van der Waals surface area contributed by atoms with E-state index in [1.807, 2.05) is 24.3 Å². The number of nitrogens with two attached hydrogens (primary N) is 2. The van der Waals surface area contributed by atoms with Gasteiger partial charge in [-0.15, -0.1) is 0 Å². The molecular formula is C14H13FI2N2. The molecule has 0 aromatic heterocycles. The van der Waals surface area contributed by atoms with Crippen LogP contribution in [0.3, 0.4) is 0 Å². The summed E-state index contributed by atoms with van der Waals surface area (Å²) >= 11 is 4.33. The second kappa shape index (κ2) is 5.43. The lowest BCUT2D eigenvalue weighted by Crippen LogP contribution is -2.24. The summed E-state index contributed by atoms with van der Waals surface area (Å²) in [5.41, 5.74) is 12.5. The molecule has 0 fully saturated rings. The standard InChI is InChI=1S/C14H13FI2N2/c1-14(15)7-9(3-11(17)6-13(14)19)8-2-10(16)5-12(18)4-8/h2-7H,18-19H2,1H3. The summed E-state index contributed by atoms with van der Waals surface area (Å²) < 4.78 is 16.4. The zero-order valence-corrected chi connectivity index (χ0v) is 14.6. The molecule has 5 heteroatoms. The summed E-state index contributed by atoms with van der Waals surface area (Å²) in [5, 5.41) is 0. The Labute approximate surface area is 139 Å². The molecule has 1 aliphatic carbocycles. The fraction of sp³-hybridized carbons (Fsp3) is 0.143. The number of halogens is 3. The molecule has 1 atom stereocenters. The van der Waals surface area contributed by atoms with Crippen LogP contribution in [0.5, 0.6) is 0 Å². The summed E-state index contributed by atoms with van der Waals surface area (Å²) in [6.45, 7) is 1.46. The summed E-state index contributed by atoms with van der Waals surface area (Å²) in [4.78, 5) is 0. The Morgan fingerprint density at radius 1 is 1.11 bits per heavy atom. The van der Waals surface area contributed by atoms with Gasteiger partial charge in [0.2, 0.25) is 0 Å². The molecule has 19 heavy (non-hydrogen) atoms. The first-order valence-corrected chi connectivity index (χ1v) is 7.77. The minimum absolute atomic E-state index is 0.210. The molecule has 0 aliphatic heterocycles. The molecule has 2 rings (SSSR count). The van der Waals surface area contributed by atoms with Gasteiger partial charge in [-0.25, -0.2) is 4.39 Å². The molecule has 0 saturated carbocycles. The predicted octanol–water partition coefficient (Wildman–Crippen LogP) is 4.16. The molecule has 0 bridgehead atoms. The highest BCUT2D eigenvalue weighted by molar-refractivity contribution is 14.1. The monoisotopic (exact) mass is 482 g/mol. The molecule has 0 spiro atoms. The number of allylic oxidation sites excluding steroid dienone is 5. The van der Waals surface area contributed by atoms with E-state index in [1.54, 1.807) is 6.08 Å². The second-order valence-electron chi connectivity index (χ2n) is 4.58. The van der Waals surface area contributed by atoms with Crippen LogP contribution < -0.4 is 11.5 Å². The van der Waals surface area contributed by atoms with Crippen molar-refractivity contribution in [1.29, 1.82) is 0 Å². The van der Waals surface area contributed by atoms with Crippen molar-refractivity contribution in [3.8, 4) is 0 Å². The molecule has 0 heterocycles. The van der Waals surface area contributed by atoms with Crippen LogP contribution in [0.15, 0.2) is 45.7 Å². The summed E-state index contributed by atoms with van der Waals surface area (Å²) in [7, 11) is 0. The zero-order chi connectivity index (χ0) is 14.2. The minimum Gasteiger partial charge on any atom is -0.399 e. The first-order chi connectivity index (χ1) is 8.78. The summed E-state index contributed by atoms with van der Waals surface area (Å²) in [6, 6.07) is 5.68. The number of nitrogen functional groups attached to an aromatic ring is 1. The number of anilines is 1. The third-order valence-electron chi connectivity index (χ3n) is 2.83. The normalized spacial score (nSPS) is 23.3. The quantitative estimate of drug-likeness (QED) is 0.467. The number of benzene rings is 1. The van der Waals surface area contributed by atoms with E-state index in [1.165, 1.54) is 13.0 Å². The molecule has 2 nitrogen and oxygen atoms in total. The van der Waals surface area contributed by atoms with Crippen LogP contribution in [0.1, 0.15) is 12.5 Å². The van der Waals surface area contributed by atoms with E-state index in [9.17, 15) is 4.39 Å². The first kappa shape index (κ1) is 14.8. The molecule has 0 radical (unpaired) electrons. The van der Waals surface area contributed by atoms with Gasteiger partial charge in [0.05, 0.1) is 5.70 Å². The molecule has 1 aliphatic rings. The Bertz CT molecular complexity index is 596. The van der Waals surface area contributed by atoms with Crippen molar-refractivity contribution < 1.29 is 4.39 Å². The van der Waals surface area contributed by atoms with Crippen molar-refractivity contribution in [1.82, 2.24) is 0 Å². The van der Waals surface area contributed by atoms with Crippen molar-refractivity contribution in [2.75, 3.05) is 5.73 Å². The van der Waals surface area contributed by atoms with E-state index < -0.39 is 5.67 Å². The molecule has 1 unspecified atom stereocenters. The van der Waals surface area contributed by atoms with Gasteiger partial charge < -0.3 is 11.5 Å². The summed E-state index contributed by atoms with van der Waals surface area (Å²) in [6.07, 6.45) is 5.10. The SMILES string of the molecule is CC1(F)C=C(c2cc(N)cc(I)c2)C=C(I)C=C1N. The molecular weight excluding hydrogens is 469 g/mol. The lowest BCUT2D eigenvalue weighted by Gasteiger charge is -2.17. The van der Waals surface area contributed by atoms with Crippen molar-refractivity contribution in [2.24, 2.45) is 5.73 Å². The fourth-order valence-electron chi connectivity index (χ4n) is 1.84. The molecule has 1 aromatic rings. The maximum absolute atomic E-state index is 14.5. The van der Waals surface area contributed by atoms with Gasteiger partial charge in [-0.2, -0.15) is 0 Å². The van der Waals surface area contributed by atoms with E-state index >= 15 is 0 Å². The Balaban J connectivity index is 2.58. The van der Waals surface area contributed by atoms with Gasteiger partial charge in [-0.3, -0.25) is 0 Å². The Morgan fingerprint density at radius 3 is 2.42 bits per heavy atom. The average Bonchev–Trinajstić information content (AvgIpc) is 2.35. The van der Waals surface area contributed by atoms with Gasteiger partial charge in [0.1, 0.15) is 0 Å². The number of rotatable bonds is 1. The third-order valence-corrected chi connectivity index (χ3v) is 4.08. The smallest absolute Gasteiger partial charge is 0.166 e. The highest BCUT2D eigenvalue weighted by Crippen LogP contribution is 2.33. The number of alkyl halides is 1. The van der Waals surface area contributed by atoms with E-state index in [0.29, 0.717) is 5.69 Å². The van der Waals surface area contributed by atoms with Crippen LogP contribution >= 0.6 is 45.2 Å². The number of hydrogen-bond donors (Lipinski definition) is 2. The van der Waals surface area contributed by atoms with Crippen LogP contribution in [0.25, 0.3) is 5.57 Å². The lowest BCUT2D eigenvalue weighted by molar-refractivity contribution is 0.307. The fourth-order valence-corrected chi connectivity index (χ4v) is 3.21. The topological polar surface area (TPSA) is 52.0 Å². The van der Waals surface area contributed by atoms with Gasteiger partial charge in [0.15, 0.2) is 5.67 Å². The molecule has 0 saturated heterocycles. The van der Waals surface area contributed by atoms with Gasteiger partial charge in [-0.05, 0) is 99.7 Å². The van der Waals surface area contributed by atoms with Crippen LogP contribution in [-0.2, 0) is 0 Å². The van der Waals surface area contributed by atoms with E-state index in [0.717, 1.165) is 18.3 Å². The predicted molar refractivity (Wildman–Crippen MR) is 95.4 cm³/mol. The van der Waals surface area contributed by atoms with Crippen LogP contribution in [-0.4, -0.2) is 5.67 Å². The van der Waals surface area contributed by atoms with Crippen LogP contribution in [0, 0.1) is 3.57 Å². The van der Waals surface area contributed by atoms with Crippen molar-refractivity contribution in [2.45, 2.75) is 12.6 Å². The molecule has 100 valence electrons. The van der Waals surface area contributed by atoms with Gasteiger partial charge in [-0.1, -0.05) is 0 Å². The van der Waals surface area contributed by atoms with Crippen molar-refractivity contribution >= 4 is 56.4 Å². The Hall–Kier alpha value is -0.570. The van der Waals surface area contributed by atoms with Crippen molar-refractivity contribution in [3.63, 3.8) is 0 Å². The lowest BCUT2D eigenvalue weighted by atomic mass is 9.98. The highest BCUT2D eigenvalue weighted by atomic mass is 127. The Kier molecular flexibility index (Phi) is 4.24. The van der Waals surface area contributed by atoms with Gasteiger partial charge >= 0.3 is 0 Å². The average molecular weight is 482 g/mol. The van der Waals surface area contributed by atoms with Crippen LogP contribution in [0.2, 0.25) is 0 Å². The van der Waals surface area contributed by atoms with Gasteiger partial charge in [0, 0.05) is 12.8 Å². The maximum Gasteiger partial charge on any atom is 0.166 e. The molecule has 0 amide bonds. The first-order valence-electron chi connectivity index (χ1n) is 5.61. The summed E-state index contributed by atoms with van der Waals surface area (Å²) in [5.74, 6) is 0. The third kappa shape index (κ3) is 3.50. The highest BCUT2D eigenvalue weighted by Gasteiger charge is 2.26. The molecule has 4 N–H and O–H groups in total. The van der Waals surface area contributed by atoms with Crippen LogP contribution in [0.4, 0.5) is 10.1 Å². The Morgan fingerprint density at radius 2 is 1.79 bits per heavy atom. The van der Waals surface area contributed by atoms with E-state index in [-0.39, 0.29) is 5.70 Å². The van der Waals surface area contributed by atoms with Crippen molar-refractivity contribution in [3.05, 3.63) is 54.8 Å². The van der Waals surface area contributed by atoms with E-state index in [2.05, 4.69) is 45.2 Å². The minimum atomic E-state index is -1.66. The maximum atomic E-state index is 14.5. The zero-order valence-electron chi connectivity index (χ0n) is 10.3. The van der Waals surface area contributed by atoms with Gasteiger partial charge in [0.25, 0.3) is 0 Å². The molecule has 1 aromatic carbocycles. The number of hydrogen-bond acceptors (Lipinski definition) is 2. The van der Waals surface area contributed by atoms with E-state index in [4.69, 9.17) is 11.5 Å².